The molecular weight excluding hydrogens is 106 g/mol. The van der Waals surface area contributed by atoms with Crippen LogP contribution in [-0.2, 0) is 4.79 Å². The minimum atomic E-state index is 0.602. The molecule has 0 spiro atoms. The molecule has 0 unspecified atom stereocenters. The molecule has 8 heavy (non-hydrogen) atoms. The second kappa shape index (κ2) is 2.11. The molecule has 0 aliphatic rings. The SMILES string of the molecule is O=CNc1cn[nH]c1. The highest BCUT2D eigenvalue weighted by Crippen LogP contribution is 1.96. The molecule has 4 heteroatoms. The summed E-state index contributed by atoms with van der Waals surface area (Å²) in [6, 6.07) is 0. The van der Waals surface area contributed by atoms with Crippen LogP contribution in [0, 0.1) is 0 Å². The zero-order chi connectivity index (χ0) is 5.82. The first kappa shape index (κ1) is 4.83. The van der Waals surface area contributed by atoms with Gasteiger partial charge in [0.2, 0.25) is 6.41 Å². The Balaban J connectivity index is 2.62. The molecule has 1 aromatic rings. The number of carbonyl (C=O) groups excluding carboxylic acids is 1. The predicted molar refractivity (Wildman–Crippen MR) is 28.3 cm³/mol. The molecule has 1 heterocycles. The van der Waals surface area contributed by atoms with E-state index in [1.54, 1.807) is 6.20 Å². The number of carbonyl (C=O) groups is 1. The quantitative estimate of drug-likeness (QED) is 0.527. The molecular formula is C4H5N3O. The Hall–Kier alpha value is -1.32. The van der Waals surface area contributed by atoms with Gasteiger partial charge >= 0.3 is 0 Å². The lowest BCUT2D eigenvalue weighted by Gasteiger charge is -1.83. The number of H-pyrrole nitrogens is 1. The summed E-state index contributed by atoms with van der Waals surface area (Å²) < 4.78 is 0. The molecule has 1 amide bonds. The van der Waals surface area contributed by atoms with Gasteiger partial charge in [-0.25, -0.2) is 0 Å². The van der Waals surface area contributed by atoms with Crippen LogP contribution in [0.15, 0.2) is 12.4 Å². The summed E-state index contributed by atoms with van der Waals surface area (Å²) in [5.41, 5.74) is 0.681. The minimum Gasteiger partial charge on any atom is -0.326 e. The summed E-state index contributed by atoms with van der Waals surface area (Å²) in [7, 11) is 0. The van der Waals surface area contributed by atoms with Crippen molar-refractivity contribution in [2.45, 2.75) is 0 Å². The van der Waals surface area contributed by atoms with Gasteiger partial charge < -0.3 is 5.32 Å². The first-order valence-corrected chi connectivity index (χ1v) is 2.12. The van der Waals surface area contributed by atoms with E-state index >= 15 is 0 Å². The van der Waals surface area contributed by atoms with Gasteiger partial charge in [0.1, 0.15) is 0 Å². The Kier molecular flexibility index (Phi) is 1.27. The van der Waals surface area contributed by atoms with Crippen molar-refractivity contribution >= 4 is 12.1 Å². The number of aromatic nitrogens is 2. The van der Waals surface area contributed by atoms with Crippen molar-refractivity contribution in [1.82, 2.24) is 10.2 Å². The first-order chi connectivity index (χ1) is 3.93. The molecule has 0 aliphatic heterocycles. The van der Waals surface area contributed by atoms with Crippen molar-refractivity contribution in [2.75, 3.05) is 5.32 Å². The highest BCUT2D eigenvalue weighted by molar-refractivity contribution is 5.69. The molecule has 0 aromatic carbocycles. The molecule has 0 saturated carbocycles. The zero-order valence-electron chi connectivity index (χ0n) is 4.09. The van der Waals surface area contributed by atoms with E-state index in [9.17, 15) is 4.79 Å². The Morgan fingerprint density at radius 3 is 3.25 bits per heavy atom. The van der Waals surface area contributed by atoms with E-state index in [-0.39, 0.29) is 0 Å². The molecule has 0 saturated heterocycles. The van der Waals surface area contributed by atoms with Crippen LogP contribution in [0.4, 0.5) is 5.69 Å². The average Bonchev–Trinajstić information content (AvgIpc) is 2.19. The van der Waals surface area contributed by atoms with Crippen molar-refractivity contribution < 1.29 is 4.79 Å². The molecule has 0 aliphatic carbocycles. The van der Waals surface area contributed by atoms with Crippen LogP contribution in [0.1, 0.15) is 0 Å². The Morgan fingerprint density at radius 2 is 2.75 bits per heavy atom. The lowest BCUT2D eigenvalue weighted by molar-refractivity contribution is -0.105. The zero-order valence-corrected chi connectivity index (χ0v) is 4.09. The number of rotatable bonds is 2. The molecule has 0 fully saturated rings. The summed E-state index contributed by atoms with van der Waals surface area (Å²) in [6.45, 7) is 0. The molecule has 1 aromatic heterocycles. The van der Waals surface area contributed by atoms with Gasteiger partial charge in [0, 0.05) is 6.20 Å². The molecule has 42 valence electrons. The Labute approximate surface area is 45.9 Å². The van der Waals surface area contributed by atoms with E-state index in [0.717, 1.165) is 0 Å². The fourth-order valence-corrected chi connectivity index (χ4v) is 0.398. The van der Waals surface area contributed by atoms with Crippen molar-refractivity contribution in [2.24, 2.45) is 0 Å². The van der Waals surface area contributed by atoms with Gasteiger partial charge in [-0.2, -0.15) is 5.10 Å². The van der Waals surface area contributed by atoms with Crippen LogP contribution in [0.2, 0.25) is 0 Å². The maximum atomic E-state index is 9.72. The van der Waals surface area contributed by atoms with E-state index in [2.05, 4.69) is 15.5 Å². The van der Waals surface area contributed by atoms with Gasteiger partial charge in [0.15, 0.2) is 0 Å². The van der Waals surface area contributed by atoms with Gasteiger partial charge in [0.25, 0.3) is 0 Å². The summed E-state index contributed by atoms with van der Waals surface area (Å²) in [5.74, 6) is 0. The topological polar surface area (TPSA) is 57.8 Å². The lowest BCUT2D eigenvalue weighted by Crippen LogP contribution is -1.89. The highest BCUT2D eigenvalue weighted by Gasteiger charge is 1.84. The number of amides is 1. The van der Waals surface area contributed by atoms with Crippen LogP contribution < -0.4 is 5.32 Å². The number of hydrogen-bond acceptors (Lipinski definition) is 2. The lowest BCUT2D eigenvalue weighted by atomic mass is 10.6. The molecule has 4 nitrogen and oxygen atoms in total. The standard InChI is InChI=1S/C4H5N3O/c8-3-5-4-1-6-7-2-4/h1-3H,(H,5,8)(H,6,7). The summed E-state index contributed by atoms with van der Waals surface area (Å²) in [6.07, 6.45) is 3.72. The maximum absolute atomic E-state index is 9.72. The van der Waals surface area contributed by atoms with E-state index < -0.39 is 0 Å². The third-order valence-electron chi connectivity index (χ3n) is 0.724. The highest BCUT2D eigenvalue weighted by atomic mass is 16.1. The second-order valence-corrected chi connectivity index (χ2v) is 1.25. The molecule has 2 N–H and O–H groups in total. The monoisotopic (exact) mass is 111 g/mol. The minimum absolute atomic E-state index is 0.602. The van der Waals surface area contributed by atoms with Gasteiger partial charge in [-0.1, -0.05) is 0 Å². The second-order valence-electron chi connectivity index (χ2n) is 1.25. The van der Waals surface area contributed by atoms with Crippen LogP contribution in [0.25, 0.3) is 0 Å². The number of nitrogens with zero attached hydrogens (tertiary/aromatic N) is 1. The van der Waals surface area contributed by atoms with Crippen molar-refractivity contribution in [3.05, 3.63) is 12.4 Å². The Morgan fingerprint density at radius 1 is 1.88 bits per heavy atom. The van der Waals surface area contributed by atoms with E-state index in [4.69, 9.17) is 0 Å². The normalized spacial score (nSPS) is 8.50. The van der Waals surface area contributed by atoms with E-state index in [0.29, 0.717) is 12.1 Å². The van der Waals surface area contributed by atoms with Crippen LogP contribution >= 0.6 is 0 Å². The summed E-state index contributed by atoms with van der Waals surface area (Å²) in [4.78, 5) is 9.72. The average molecular weight is 111 g/mol. The number of aromatic amines is 1. The fourth-order valence-electron chi connectivity index (χ4n) is 0.398. The third-order valence-corrected chi connectivity index (χ3v) is 0.724. The predicted octanol–water partition coefficient (Wildman–Crippen LogP) is -0.0220. The molecule has 1 rings (SSSR count). The van der Waals surface area contributed by atoms with Crippen LogP contribution in [0.5, 0.6) is 0 Å². The smallest absolute Gasteiger partial charge is 0.211 e. The van der Waals surface area contributed by atoms with Crippen molar-refractivity contribution in [1.29, 1.82) is 0 Å². The van der Waals surface area contributed by atoms with Gasteiger partial charge in [-0.05, 0) is 0 Å². The van der Waals surface area contributed by atoms with E-state index in [1.165, 1.54) is 6.20 Å². The molecule has 0 radical (unpaired) electrons. The van der Waals surface area contributed by atoms with Gasteiger partial charge in [-0.15, -0.1) is 0 Å². The van der Waals surface area contributed by atoms with Crippen LogP contribution in [-0.4, -0.2) is 16.6 Å². The fraction of sp³-hybridized carbons (Fsp3) is 0. The van der Waals surface area contributed by atoms with E-state index in [1.807, 2.05) is 0 Å². The summed E-state index contributed by atoms with van der Waals surface area (Å²) in [5, 5.41) is 8.55. The third kappa shape index (κ3) is 0.841. The van der Waals surface area contributed by atoms with Crippen molar-refractivity contribution in [3.63, 3.8) is 0 Å². The van der Waals surface area contributed by atoms with Gasteiger partial charge in [-0.3, -0.25) is 9.89 Å². The van der Waals surface area contributed by atoms with Gasteiger partial charge in [0.05, 0.1) is 11.9 Å². The number of anilines is 1. The number of hydrogen-bond donors (Lipinski definition) is 2. The largest absolute Gasteiger partial charge is 0.326 e. The summed E-state index contributed by atoms with van der Waals surface area (Å²) >= 11 is 0. The maximum Gasteiger partial charge on any atom is 0.211 e. The molecule has 0 atom stereocenters. The first-order valence-electron chi connectivity index (χ1n) is 2.12. The van der Waals surface area contributed by atoms with Crippen LogP contribution in [0.3, 0.4) is 0 Å². The van der Waals surface area contributed by atoms with Crippen molar-refractivity contribution in [3.8, 4) is 0 Å². The molecule has 0 bridgehead atoms. The number of nitrogens with one attached hydrogen (secondary N) is 2. The Bertz CT molecular complexity index is 158.